The minimum Gasteiger partial charge on any atom is -0.378 e. The van der Waals surface area contributed by atoms with Crippen LogP contribution in [-0.2, 0) is 4.74 Å². The van der Waals surface area contributed by atoms with Crippen LogP contribution in [0, 0.1) is 5.92 Å². The largest absolute Gasteiger partial charge is 0.378 e. The van der Waals surface area contributed by atoms with Crippen molar-refractivity contribution in [1.29, 1.82) is 0 Å². The molecule has 2 aliphatic rings. The van der Waals surface area contributed by atoms with E-state index in [1.54, 1.807) is 0 Å². The van der Waals surface area contributed by atoms with Crippen molar-refractivity contribution < 1.29 is 4.74 Å². The quantitative estimate of drug-likeness (QED) is 0.766. The Balaban J connectivity index is 1.58. The molecule has 0 bridgehead atoms. The molecule has 2 atom stereocenters. The van der Waals surface area contributed by atoms with Crippen molar-refractivity contribution in [2.75, 3.05) is 25.2 Å². The van der Waals surface area contributed by atoms with Gasteiger partial charge in [0.2, 0.25) is 0 Å². The first-order valence-electron chi connectivity index (χ1n) is 7.75. The fourth-order valence-corrected chi connectivity index (χ4v) is 4.43. The molecule has 2 saturated heterocycles. The monoisotopic (exact) mass is 271 g/mol. The molecule has 2 rings (SSSR count). The number of hydrogen-bond donors (Lipinski definition) is 1. The summed E-state index contributed by atoms with van der Waals surface area (Å²) in [4.78, 5) is 0. The molecule has 0 aromatic heterocycles. The van der Waals surface area contributed by atoms with Crippen molar-refractivity contribution in [1.82, 2.24) is 5.32 Å². The third kappa shape index (κ3) is 5.10. The van der Waals surface area contributed by atoms with E-state index in [0.717, 1.165) is 18.6 Å². The average Bonchev–Trinajstić information content (AvgIpc) is 2.92. The van der Waals surface area contributed by atoms with Gasteiger partial charge < -0.3 is 10.1 Å². The van der Waals surface area contributed by atoms with Crippen molar-refractivity contribution >= 4 is 11.8 Å². The van der Waals surface area contributed by atoms with E-state index in [0.29, 0.717) is 6.10 Å². The maximum atomic E-state index is 5.70. The minimum absolute atomic E-state index is 0.577. The highest BCUT2D eigenvalue weighted by Gasteiger charge is 2.19. The van der Waals surface area contributed by atoms with Crippen LogP contribution in [0.25, 0.3) is 0 Å². The smallest absolute Gasteiger partial charge is 0.0576 e. The highest BCUT2D eigenvalue weighted by molar-refractivity contribution is 7.99. The topological polar surface area (TPSA) is 21.3 Å². The third-order valence-electron chi connectivity index (χ3n) is 4.47. The first kappa shape index (κ1) is 14.7. The molecule has 106 valence electrons. The van der Waals surface area contributed by atoms with Gasteiger partial charge >= 0.3 is 0 Å². The second-order valence-corrected chi connectivity index (χ2v) is 7.07. The van der Waals surface area contributed by atoms with Crippen LogP contribution < -0.4 is 5.32 Å². The van der Waals surface area contributed by atoms with Gasteiger partial charge in [0, 0.05) is 12.6 Å². The highest BCUT2D eigenvalue weighted by Crippen LogP contribution is 2.27. The van der Waals surface area contributed by atoms with Gasteiger partial charge in [-0.05, 0) is 75.8 Å². The van der Waals surface area contributed by atoms with Crippen LogP contribution >= 0.6 is 11.8 Å². The number of thioether (sulfide) groups is 1. The van der Waals surface area contributed by atoms with Crippen LogP contribution in [0.3, 0.4) is 0 Å². The fourth-order valence-electron chi connectivity index (χ4n) is 3.23. The molecule has 0 amide bonds. The Morgan fingerprint density at radius 3 is 2.78 bits per heavy atom. The maximum Gasteiger partial charge on any atom is 0.0576 e. The minimum atomic E-state index is 0.577. The Labute approximate surface area is 117 Å². The maximum absolute atomic E-state index is 5.70. The number of hydrogen-bond acceptors (Lipinski definition) is 3. The van der Waals surface area contributed by atoms with Gasteiger partial charge in [-0.2, -0.15) is 11.8 Å². The van der Waals surface area contributed by atoms with Gasteiger partial charge in [-0.3, -0.25) is 0 Å². The molecule has 3 heteroatoms. The molecule has 0 aromatic carbocycles. The first-order valence-corrected chi connectivity index (χ1v) is 8.90. The molecule has 18 heavy (non-hydrogen) atoms. The van der Waals surface area contributed by atoms with E-state index in [4.69, 9.17) is 4.74 Å². The molecule has 0 aliphatic carbocycles. The lowest BCUT2D eigenvalue weighted by Gasteiger charge is -2.26. The standard InChI is InChI=1S/C15H29NOS/c1-16-14(12-13-7-10-18-11-8-13)4-2-5-15-6-3-9-17-15/h13-16H,2-12H2,1H3. The molecule has 1 N–H and O–H groups in total. The zero-order valence-electron chi connectivity index (χ0n) is 11.8. The normalized spacial score (nSPS) is 27.5. The Morgan fingerprint density at radius 2 is 2.11 bits per heavy atom. The average molecular weight is 271 g/mol. The van der Waals surface area contributed by atoms with Gasteiger partial charge in [0.05, 0.1) is 6.10 Å². The fraction of sp³-hybridized carbons (Fsp3) is 1.00. The summed E-state index contributed by atoms with van der Waals surface area (Å²) in [5, 5.41) is 3.53. The van der Waals surface area contributed by atoms with E-state index in [1.165, 1.54) is 62.9 Å². The number of rotatable bonds is 7. The zero-order valence-corrected chi connectivity index (χ0v) is 12.6. The van der Waals surface area contributed by atoms with Gasteiger partial charge in [0.1, 0.15) is 0 Å². The predicted octanol–water partition coefficient (Wildman–Crippen LogP) is 3.46. The molecule has 2 aliphatic heterocycles. The van der Waals surface area contributed by atoms with Crippen LogP contribution in [0.1, 0.15) is 51.4 Å². The van der Waals surface area contributed by atoms with Gasteiger partial charge in [0.15, 0.2) is 0 Å². The van der Waals surface area contributed by atoms with E-state index in [1.807, 2.05) is 0 Å². The van der Waals surface area contributed by atoms with Crippen LogP contribution in [0.5, 0.6) is 0 Å². The number of ether oxygens (including phenoxy) is 1. The first-order chi connectivity index (χ1) is 8.88. The van der Waals surface area contributed by atoms with Crippen molar-refractivity contribution in [2.24, 2.45) is 5.92 Å². The molecule has 2 fully saturated rings. The molecule has 2 unspecified atom stereocenters. The van der Waals surface area contributed by atoms with Crippen LogP contribution in [0.15, 0.2) is 0 Å². The Kier molecular flexibility index (Phi) is 6.88. The van der Waals surface area contributed by atoms with E-state index >= 15 is 0 Å². The molecular formula is C15H29NOS. The molecule has 0 saturated carbocycles. The van der Waals surface area contributed by atoms with Crippen LogP contribution in [-0.4, -0.2) is 37.3 Å². The van der Waals surface area contributed by atoms with E-state index in [9.17, 15) is 0 Å². The third-order valence-corrected chi connectivity index (χ3v) is 5.52. The molecular weight excluding hydrogens is 242 g/mol. The SMILES string of the molecule is CNC(CCCC1CCCO1)CC1CCSCC1. The van der Waals surface area contributed by atoms with E-state index in [2.05, 4.69) is 24.1 Å². The zero-order chi connectivity index (χ0) is 12.6. The summed E-state index contributed by atoms with van der Waals surface area (Å²) in [7, 11) is 2.13. The lowest BCUT2D eigenvalue weighted by atomic mass is 9.91. The van der Waals surface area contributed by atoms with Crippen LogP contribution in [0.4, 0.5) is 0 Å². The van der Waals surface area contributed by atoms with E-state index in [-0.39, 0.29) is 0 Å². The molecule has 2 nitrogen and oxygen atoms in total. The summed E-state index contributed by atoms with van der Waals surface area (Å²) in [5.41, 5.74) is 0. The van der Waals surface area contributed by atoms with Crippen molar-refractivity contribution in [2.45, 2.75) is 63.5 Å². The van der Waals surface area contributed by atoms with Gasteiger partial charge in [-0.1, -0.05) is 0 Å². The molecule has 0 aromatic rings. The number of nitrogens with one attached hydrogen (secondary N) is 1. The summed E-state index contributed by atoms with van der Waals surface area (Å²) in [6.45, 7) is 1.000. The molecule has 2 heterocycles. The summed E-state index contributed by atoms with van der Waals surface area (Å²) in [5.74, 6) is 3.75. The summed E-state index contributed by atoms with van der Waals surface area (Å²) < 4.78 is 5.70. The molecule has 0 radical (unpaired) electrons. The second-order valence-electron chi connectivity index (χ2n) is 5.84. The molecule has 0 spiro atoms. The summed E-state index contributed by atoms with van der Waals surface area (Å²) in [6.07, 6.45) is 11.4. The van der Waals surface area contributed by atoms with Crippen molar-refractivity contribution in [3.63, 3.8) is 0 Å². The highest BCUT2D eigenvalue weighted by atomic mass is 32.2. The Bertz CT molecular complexity index is 213. The van der Waals surface area contributed by atoms with E-state index < -0.39 is 0 Å². The van der Waals surface area contributed by atoms with Gasteiger partial charge in [-0.25, -0.2) is 0 Å². The lowest BCUT2D eigenvalue weighted by molar-refractivity contribution is 0.101. The summed E-state index contributed by atoms with van der Waals surface area (Å²) >= 11 is 2.13. The predicted molar refractivity (Wildman–Crippen MR) is 80.3 cm³/mol. The lowest BCUT2D eigenvalue weighted by Crippen LogP contribution is -2.29. The summed E-state index contributed by atoms with van der Waals surface area (Å²) in [6, 6.07) is 0.736. The van der Waals surface area contributed by atoms with Crippen molar-refractivity contribution in [3.05, 3.63) is 0 Å². The van der Waals surface area contributed by atoms with Gasteiger partial charge in [-0.15, -0.1) is 0 Å². The Hall–Kier alpha value is 0.270. The Morgan fingerprint density at radius 1 is 1.28 bits per heavy atom. The second kappa shape index (κ2) is 8.44. The van der Waals surface area contributed by atoms with Crippen LogP contribution in [0.2, 0.25) is 0 Å². The van der Waals surface area contributed by atoms with Gasteiger partial charge in [0.25, 0.3) is 0 Å². The van der Waals surface area contributed by atoms with Crippen molar-refractivity contribution in [3.8, 4) is 0 Å².